The average molecular weight is 478 g/mol. The van der Waals surface area contributed by atoms with Crippen LogP contribution in [0.3, 0.4) is 0 Å². The molecule has 0 unspecified atom stereocenters. The van der Waals surface area contributed by atoms with Crippen molar-refractivity contribution >= 4 is 11.9 Å². The standard InChI is InChI=1S/C21H25F3N8O2/c1-5-14(12-27-19-25-10-13(11-26-19)21(22,23)24)31(4)18(33)17-15(32-28-8-9-29-32)6-7-16(30-17)20(2,3)34/h6-11,14,34H,5,12H2,1-4H3,(H,25,26,27)/t14-/m0/s1. The molecule has 1 amide bonds. The number of amides is 1. The molecule has 0 radical (unpaired) electrons. The number of nitrogens with zero attached hydrogens (tertiary/aromatic N) is 7. The highest BCUT2D eigenvalue weighted by Gasteiger charge is 2.31. The molecule has 0 fully saturated rings. The van der Waals surface area contributed by atoms with Gasteiger partial charge in [0.2, 0.25) is 5.95 Å². The summed E-state index contributed by atoms with van der Waals surface area (Å²) >= 11 is 0. The number of rotatable bonds is 8. The van der Waals surface area contributed by atoms with Gasteiger partial charge in [0.1, 0.15) is 11.3 Å². The van der Waals surface area contributed by atoms with Crippen LogP contribution < -0.4 is 5.32 Å². The smallest absolute Gasteiger partial charge is 0.384 e. The van der Waals surface area contributed by atoms with E-state index >= 15 is 0 Å². The van der Waals surface area contributed by atoms with E-state index in [-0.39, 0.29) is 24.2 Å². The Morgan fingerprint density at radius 1 is 1.18 bits per heavy atom. The summed E-state index contributed by atoms with van der Waals surface area (Å²) in [4.78, 5) is 27.9. The van der Waals surface area contributed by atoms with Gasteiger partial charge in [-0.2, -0.15) is 23.4 Å². The predicted molar refractivity (Wildman–Crippen MR) is 116 cm³/mol. The maximum atomic E-state index is 13.4. The molecule has 3 aromatic heterocycles. The lowest BCUT2D eigenvalue weighted by Crippen LogP contribution is -2.42. The first-order chi connectivity index (χ1) is 15.9. The van der Waals surface area contributed by atoms with Crippen LogP contribution in [0.5, 0.6) is 0 Å². The largest absolute Gasteiger partial charge is 0.419 e. The Kier molecular flexibility index (Phi) is 7.15. The Hall–Kier alpha value is -3.61. The first-order valence-corrected chi connectivity index (χ1v) is 10.4. The molecule has 0 bridgehead atoms. The molecular formula is C21H25F3N8O2. The van der Waals surface area contributed by atoms with Gasteiger partial charge in [-0.3, -0.25) is 4.79 Å². The normalized spacial score (nSPS) is 12.9. The number of hydrogen-bond acceptors (Lipinski definition) is 8. The second-order valence-corrected chi connectivity index (χ2v) is 8.09. The maximum Gasteiger partial charge on any atom is 0.419 e. The molecule has 0 aromatic carbocycles. The van der Waals surface area contributed by atoms with Crippen molar-refractivity contribution in [2.24, 2.45) is 0 Å². The summed E-state index contributed by atoms with van der Waals surface area (Å²) in [6.07, 6.45) is 0.315. The Labute approximate surface area is 193 Å². The van der Waals surface area contributed by atoms with E-state index in [0.29, 0.717) is 30.2 Å². The Morgan fingerprint density at radius 3 is 2.32 bits per heavy atom. The second kappa shape index (κ2) is 9.71. The zero-order chi connectivity index (χ0) is 25.1. The molecule has 0 saturated carbocycles. The number of carbonyl (C=O) groups excluding carboxylic acids is 1. The van der Waals surface area contributed by atoms with Crippen LogP contribution in [0.1, 0.15) is 48.9 Å². The number of carbonyl (C=O) groups is 1. The third-order valence-corrected chi connectivity index (χ3v) is 5.15. The second-order valence-electron chi connectivity index (χ2n) is 8.09. The SMILES string of the molecule is CC[C@@H](CNc1ncc(C(F)(F)F)cn1)N(C)C(=O)c1nc(C(C)(C)O)ccc1-n1nccn1. The quantitative estimate of drug-likeness (QED) is 0.507. The van der Waals surface area contributed by atoms with Crippen molar-refractivity contribution in [1.29, 1.82) is 0 Å². The van der Waals surface area contributed by atoms with Crippen LogP contribution in [0.25, 0.3) is 5.69 Å². The molecule has 3 aromatic rings. The molecule has 2 N–H and O–H groups in total. The summed E-state index contributed by atoms with van der Waals surface area (Å²) in [6, 6.07) is 2.83. The van der Waals surface area contributed by atoms with Crippen LogP contribution in [-0.4, -0.2) is 65.5 Å². The van der Waals surface area contributed by atoms with Crippen molar-refractivity contribution < 1.29 is 23.1 Å². The van der Waals surface area contributed by atoms with Gasteiger partial charge >= 0.3 is 6.18 Å². The molecule has 0 aliphatic carbocycles. The zero-order valence-electron chi connectivity index (χ0n) is 19.1. The molecule has 0 spiro atoms. The van der Waals surface area contributed by atoms with Crippen molar-refractivity contribution in [3.8, 4) is 5.69 Å². The van der Waals surface area contributed by atoms with E-state index in [9.17, 15) is 23.1 Å². The van der Waals surface area contributed by atoms with Crippen LogP contribution >= 0.6 is 0 Å². The monoisotopic (exact) mass is 478 g/mol. The van der Waals surface area contributed by atoms with Crippen LogP contribution in [-0.2, 0) is 11.8 Å². The average Bonchev–Trinajstić information content (AvgIpc) is 3.32. The third kappa shape index (κ3) is 5.65. The maximum absolute atomic E-state index is 13.4. The van der Waals surface area contributed by atoms with Gasteiger partial charge < -0.3 is 15.3 Å². The lowest BCUT2D eigenvalue weighted by atomic mass is 10.0. The number of hydrogen-bond donors (Lipinski definition) is 2. The van der Waals surface area contributed by atoms with E-state index in [2.05, 4.69) is 30.5 Å². The number of pyridine rings is 1. The lowest BCUT2D eigenvalue weighted by molar-refractivity contribution is -0.138. The summed E-state index contributed by atoms with van der Waals surface area (Å²) in [7, 11) is 1.59. The number of nitrogens with one attached hydrogen (secondary N) is 1. The van der Waals surface area contributed by atoms with Crippen molar-refractivity contribution in [3.63, 3.8) is 0 Å². The highest BCUT2D eigenvalue weighted by molar-refractivity contribution is 5.95. The molecule has 34 heavy (non-hydrogen) atoms. The fourth-order valence-corrected chi connectivity index (χ4v) is 3.11. The molecule has 0 aliphatic heterocycles. The van der Waals surface area contributed by atoms with Gasteiger partial charge in [-0.1, -0.05) is 6.92 Å². The van der Waals surface area contributed by atoms with Crippen molar-refractivity contribution in [2.45, 2.75) is 45.0 Å². The van der Waals surface area contributed by atoms with Gasteiger partial charge in [-0.15, -0.1) is 4.80 Å². The number of alkyl halides is 3. The molecule has 3 rings (SSSR count). The molecule has 13 heteroatoms. The van der Waals surface area contributed by atoms with E-state index < -0.39 is 23.2 Å². The predicted octanol–water partition coefficient (Wildman–Crippen LogP) is 2.66. The van der Waals surface area contributed by atoms with Crippen LogP contribution in [0.15, 0.2) is 36.9 Å². The minimum absolute atomic E-state index is 0.0101. The van der Waals surface area contributed by atoms with Gasteiger partial charge in [-0.25, -0.2) is 15.0 Å². The summed E-state index contributed by atoms with van der Waals surface area (Å²) in [5.41, 5.74) is -1.55. The van der Waals surface area contributed by atoms with Gasteiger partial charge in [0.15, 0.2) is 5.69 Å². The van der Waals surface area contributed by atoms with Gasteiger partial charge in [-0.05, 0) is 32.4 Å². The molecule has 10 nitrogen and oxygen atoms in total. The molecule has 0 saturated heterocycles. The van der Waals surface area contributed by atoms with E-state index in [1.54, 1.807) is 33.0 Å². The first-order valence-electron chi connectivity index (χ1n) is 10.4. The van der Waals surface area contributed by atoms with Crippen LogP contribution in [0.2, 0.25) is 0 Å². The zero-order valence-corrected chi connectivity index (χ0v) is 19.1. The van der Waals surface area contributed by atoms with Crippen molar-refractivity contribution in [2.75, 3.05) is 18.9 Å². The topological polar surface area (TPSA) is 122 Å². The van der Waals surface area contributed by atoms with Crippen LogP contribution in [0.4, 0.5) is 19.1 Å². The van der Waals surface area contributed by atoms with E-state index in [1.807, 2.05) is 6.92 Å². The molecule has 1 atom stereocenters. The van der Waals surface area contributed by atoms with Crippen LogP contribution in [0, 0.1) is 0 Å². The third-order valence-electron chi connectivity index (χ3n) is 5.15. The van der Waals surface area contributed by atoms with Gasteiger partial charge in [0, 0.05) is 32.0 Å². The molecule has 0 aliphatic rings. The Morgan fingerprint density at radius 2 is 1.79 bits per heavy atom. The van der Waals surface area contributed by atoms with Gasteiger partial charge in [0.25, 0.3) is 5.91 Å². The minimum Gasteiger partial charge on any atom is -0.384 e. The fraction of sp³-hybridized carbons (Fsp3) is 0.429. The summed E-state index contributed by atoms with van der Waals surface area (Å²) < 4.78 is 38.1. The highest BCUT2D eigenvalue weighted by Crippen LogP contribution is 2.28. The molecular weight excluding hydrogens is 453 g/mol. The van der Waals surface area contributed by atoms with Crippen molar-refractivity contribution in [3.05, 3.63) is 53.9 Å². The minimum atomic E-state index is -4.52. The molecule has 3 heterocycles. The lowest BCUT2D eigenvalue weighted by Gasteiger charge is -2.28. The van der Waals surface area contributed by atoms with E-state index in [1.165, 1.54) is 22.1 Å². The number of halogens is 3. The molecule has 182 valence electrons. The highest BCUT2D eigenvalue weighted by atomic mass is 19.4. The summed E-state index contributed by atoms with van der Waals surface area (Å²) in [5.74, 6) is -0.434. The van der Waals surface area contributed by atoms with E-state index in [4.69, 9.17) is 0 Å². The Balaban J connectivity index is 1.82. The van der Waals surface area contributed by atoms with Gasteiger partial charge in [0.05, 0.1) is 23.7 Å². The first kappa shape index (κ1) is 25.0. The fourth-order valence-electron chi connectivity index (χ4n) is 3.11. The summed E-state index contributed by atoms with van der Waals surface area (Å²) in [5, 5.41) is 21.4. The van der Waals surface area contributed by atoms with Crippen molar-refractivity contribution in [1.82, 2.24) is 34.8 Å². The number of aromatic nitrogens is 6. The number of anilines is 1. The number of aliphatic hydroxyl groups is 1. The Bertz CT molecular complexity index is 1110. The summed E-state index contributed by atoms with van der Waals surface area (Å²) in [6.45, 7) is 5.16. The van der Waals surface area contributed by atoms with E-state index in [0.717, 1.165) is 0 Å². The number of likely N-dealkylation sites (N-methyl/N-ethyl adjacent to an activating group) is 1.